The molecule has 0 aliphatic carbocycles. The number of nitro benzene ring substituents is 1. The number of carbonyl (C=O) groups is 1. The fourth-order valence-electron chi connectivity index (χ4n) is 2.65. The average molecular weight is 435 g/mol. The van der Waals surface area contributed by atoms with E-state index in [1.54, 1.807) is 36.4 Å². The Kier molecular flexibility index (Phi) is 5.82. The van der Waals surface area contributed by atoms with E-state index in [0.29, 0.717) is 16.0 Å². The molecule has 0 fully saturated rings. The lowest BCUT2D eigenvalue weighted by Crippen LogP contribution is -2.17. The van der Waals surface area contributed by atoms with Crippen molar-refractivity contribution < 1.29 is 9.72 Å². The van der Waals surface area contributed by atoms with Gasteiger partial charge in [-0.2, -0.15) is 5.10 Å². The maximum atomic E-state index is 12.0. The number of fused-ring (bicyclic) bond motifs is 1. The zero-order chi connectivity index (χ0) is 20.9. The molecule has 1 N–H and O–H groups in total. The minimum atomic E-state index is -0.435. The lowest BCUT2D eigenvalue weighted by atomic mass is 10.2. The maximum Gasteiger partial charge on any atom is 0.283 e. The number of hydrazone groups is 1. The van der Waals surface area contributed by atoms with Gasteiger partial charge in [-0.15, -0.1) is 11.3 Å². The van der Waals surface area contributed by atoms with Gasteiger partial charge in [0.1, 0.15) is 0 Å². The highest BCUT2D eigenvalue weighted by Crippen LogP contribution is 2.38. The van der Waals surface area contributed by atoms with Gasteiger partial charge in [-0.25, -0.2) is 10.4 Å². The minimum Gasteiger partial charge on any atom is -0.267 e. The van der Waals surface area contributed by atoms with E-state index in [1.165, 1.54) is 35.4 Å². The van der Waals surface area contributed by atoms with Crippen LogP contribution in [0.3, 0.4) is 0 Å². The number of hydrogen-bond donors (Lipinski definition) is 1. The number of hydrogen-bond acceptors (Lipinski definition) is 7. The molecule has 1 aromatic heterocycles. The molecule has 148 valence electrons. The summed E-state index contributed by atoms with van der Waals surface area (Å²) in [6.45, 7) is 0. The monoisotopic (exact) mass is 434 g/mol. The largest absolute Gasteiger partial charge is 0.283 e. The second-order valence-corrected chi connectivity index (χ2v) is 8.42. The fraction of sp³-hybridized carbons (Fsp3) is 0. The highest BCUT2D eigenvalue weighted by atomic mass is 32.2. The molecule has 0 aliphatic heterocycles. The Bertz CT molecular complexity index is 1220. The maximum absolute atomic E-state index is 12.0. The third-order valence-electron chi connectivity index (χ3n) is 4.07. The first-order valence-corrected chi connectivity index (χ1v) is 10.4. The van der Waals surface area contributed by atoms with Crippen molar-refractivity contribution in [2.75, 3.05) is 0 Å². The zero-order valence-electron chi connectivity index (χ0n) is 15.4. The second-order valence-electron chi connectivity index (χ2n) is 6.10. The quantitative estimate of drug-likeness (QED) is 0.258. The highest BCUT2D eigenvalue weighted by molar-refractivity contribution is 8.01. The Labute approximate surface area is 179 Å². The van der Waals surface area contributed by atoms with E-state index in [4.69, 9.17) is 0 Å². The average Bonchev–Trinajstić information content (AvgIpc) is 3.17. The number of benzene rings is 3. The number of para-hydroxylation sites is 1. The molecule has 0 spiro atoms. The van der Waals surface area contributed by atoms with Crippen LogP contribution in [0, 0.1) is 10.1 Å². The van der Waals surface area contributed by atoms with Crippen LogP contribution in [0.2, 0.25) is 0 Å². The van der Waals surface area contributed by atoms with Gasteiger partial charge in [0, 0.05) is 17.2 Å². The van der Waals surface area contributed by atoms with E-state index in [-0.39, 0.29) is 11.6 Å². The number of nitrogens with zero attached hydrogens (tertiary/aromatic N) is 3. The first kappa shape index (κ1) is 19.7. The summed E-state index contributed by atoms with van der Waals surface area (Å²) in [5.74, 6) is -0.357. The number of aromatic nitrogens is 1. The van der Waals surface area contributed by atoms with Gasteiger partial charge in [0.2, 0.25) is 0 Å². The Morgan fingerprint density at radius 1 is 1.10 bits per heavy atom. The van der Waals surface area contributed by atoms with Gasteiger partial charge in [-0.1, -0.05) is 48.2 Å². The zero-order valence-corrected chi connectivity index (χ0v) is 17.0. The van der Waals surface area contributed by atoms with Crippen molar-refractivity contribution in [2.45, 2.75) is 9.24 Å². The summed E-state index contributed by atoms with van der Waals surface area (Å²) in [7, 11) is 0. The summed E-state index contributed by atoms with van der Waals surface area (Å²) >= 11 is 2.74. The van der Waals surface area contributed by atoms with Crippen molar-refractivity contribution in [3.8, 4) is 0 Å². The molecule has 4 aromatic rings. The summed E-state index contributed by atoms with van der Waals surface area (Å²) in [6.07, 6.45) is 1.37. The molecular weight excluding hydrogens is 420 g/mol. The van der Waals surface area contributed by atoms with Gasteiger partial charge in [0.05, 0.1) is 26.3 Å². The SMILES string of the molecule is O=C(N/N=C\c1ccc(Sc2nc3ccccc3s2)c([N+](=O)[O-])c1)c1ccccc1. The van der Waals surface area contributed by atoms with Crippen LogP contribution in [-0.2, 0) is 0 Å². The van der Waals surface area contributed by atoms with Crippen LogP contribution in [0.1, 0.15) is 15.9 Å². The summed E-state index contributed by atoms with van der Waals surface area (Å²) < 4.78 is 1.76. The van der Waals surface area contributed by atoms with Crippen LogP contribution in [0.4, 0.5) is 5.69 Å². The van der Waals surface area contributed by atoms with Crippen LogP contribution < -0.4 is 5.43 Å². The molecule has 9 heteroatoms. The molecule has 0 aliphatic rings. The van der Waals surface area contributed by atoms with Gasteiger partial charge in [-0.05, 0) is 30.3 Å². The number of amides is 1. The molecule has 0 unspecified atom stereocenters. The molecule has 1 heterocycles. The Morgan fingerprint density at radius 2 is 1.87 bits per heavy atom. The van der Waals surface area contributed by atoms with E-state index >= 15 is 0 Å². The van der Waals surface area contributed by atoms with Gasteiger partial charge in [0.25, 0.3) is 11.6 Å². The molecule has 4 rings (SSSR count). The Hall–Kier alpha value is -3.56. The number of nitro groups is 1. The first-order chi connectivity index (χ1) is 14.6. The van der Waals surface area contributed by atoms with Crippen molar-refractivity contribution >= 4 is 51.1 Å². The molecule has 0 bridgehead atoms. The molecule has 7 nitrogen and oxygen atoms in total. The lowest BCUT2D eigenvalue weighted by molar-refractivity contribution is -0.387. The van der Waals surface area contributed by atoms with Gasteiger partial charge in [-0.3, -0.25) is 14.9 Å². The number of carbonyl (C=O) groups excluding carboxylic acids is 1. The third kappa shape index (κ3) is 4.53. The van der Waals surface area contributed by atoms with Crippen LogP contribution >= 0.6 is 23.1 Å². The molecule has 0 atom stereocenters. The van der Waals surface area contributed by atoms with Crippen molar-refractivity contribution in [2.24, 2.45) is 5.10 Å². The topological polar surface area (TPSA) is 97.5 Å². The Balaban J connectivity index is 1.51. The first-order valence-electron chi connectivity index (χ1n) is 8.80. The molecule has 30 heavy (non-hydrogen) atoms. The van der Waals surface area contributed by atoms with Crippen LogP contribution in [0.5, 0.6) is 0 Å². The number of rotatable bonds is 6. The predicted octanol–water partition coefficient (Wildman–Crippen LogP) is 5.12. The smallest absolute Gasteiger partial charge is 0.267 e. The standard InChI is InChI=1S/C21H14N4O3S2/c26-20(15-6-2-1-3-7-15)24-22-13-14-10-11-19(17(12-14)25(27)28)30-21-23-16-8-4-5-9-18(16)29-21/h1-13H,(H,24,26)/b22-13-. The van der Waals surface area contributed by atoms with E-state index < -0.39 is 4.92 Å². The van der Waals surface area contributed by atoms with Gasteiger partial charge >= 0.3 is 0 Å². The summed E-state index contributed by atoms with van der Waals surface area (Å²) in [4.78, 5) is 28.1. The molecule has 3 aromatic carbocycles. The van der Waals surface area contributed by atoms with Crippen LogP contribution in [-0.4, -0.2) is 22.0 Å². The summed E-state index contributed by atoms with van der Waals surface area (Å²) in [5, 5.41) is 15.5. The van der Waals surface area contributed by atoms with Crippen molar-refractivity contribution in [1.82, 2.24) is 10.4 Å². The molecule has 0 saturated carbocycles. The van der Waals surface area contributed by atoms with Crippen molar-refractivity contribution in [3.63, 3.8) is 0 Å². The van der Waals surface area contributed by atoms with Crippen LogP contribution in [0.25, 0.3) is 10.2 Å². The van der Waals surface area contributed by atoms with E-state index in [0.717, 1.165) is 14.6 Å². The van der Waals surface area contributed by atoms with Crippen molar-refractivity contribution in [1.29, 1.82) is 0 Å². The number of nitrogens with one attached hydrogen (secondary N) is 1. The summed E-state index contributed by atoms with van der Waals surface area (Å²) in [6, 6.07) is 21.2. The normalized spacial score (nSPS) is 11.1. The number of thiazole rings is 1. The van der Waals surface area contributed by atoms with E-state index in [2.05, 4.69) is 15.5 Å². The fourth-order valence-corrected chi connectivity index (χ4v) is 4.76. The summed E-state index contributed by atoms with van der Waals surface area (Å²) in [5.41, 5.74) is 4.21. The molecule has 0 saturated heterocycles. The minimum absolute atomic E-state index is 0.0439. The predicted molar refractivity (Wildman–Crippen MR) is 118 cm³/mol. The van der Waals surface area contributed by atoms with Crippen LogP contribution in [0.15, 0.2) is 87.1 Å². The van der Waals surface area contributed by atoms with Crippen molar-refractivity contribution in [3.05, 3.63) is 94.0 Å². The molecule has 1 amide bonds. The van der Waals surface area contributed by atoms with Gasteiger partial charge in [0.15, 0.2) is 4.34 Å². The second kappa shape index (κ2) is 8.85. The van der Waals surface area contributed by atoms with Gasteiger partial charge < -0.3 is 0 Å². The lowest BCUT2D eigenvalue weighted by Gasteiger charge is -2.02. The molecule has 0 radical (unpaired) electrons. The Morgan fingerprint density at radius 3 is 2.63 bits per heavy atom. The molecular formula is C21H14N4O3S2. The van der Waals surface area contributed by atoms with E-state index in [1.807, 2.05) is 30.3 Å². The van der Waals surface area contributed by atoms with E-state index in [9.17, 15) is 14.9 Å². The third-order valence-corrected chi connectivity index (χ3v) is 6.23. The highest BCUT2D eigenvalue weighted by Gasteiger charge is 2.17.